The van der Waals surface area contributed by atoms with Crippen molar-refractivity contribution in [2.45, 2.75) is 0 Å². The van der Waals surface area contributed by atoms with Crippen LogP contribution in [0.1, 0.15) is 10.5 Å². The van der Waals surface area contributed by atoms with E-state index in [1.165, 1.54) is 19.2 Å². The summed E-state index contributed by atoms with van der Waals surface area (Å²) in [6.45, 7) is 0. The number of aromatic amines is 1. The Balaban J connectivity index is 3.22. The molecular formula is C7H6ClNO3. The number of aromatic nitrogens is 1. The van der Waals surface area contributed by atoms with E-state index in [2.05, 4.69) is 9.72 Å². The van der Waals surface area contributed by atoms with Crippen molar-refractivity contribution in [1.82, 2.24) is 4.98 Å². The second-order valence-corrected chi connectivity index (χ2v) is 2.44. The third-order valence-electron chi connectivity index (χ3n) is 1.26. The highest BCUT2D eigenvalue weighted by atomic mass is 35.5. The molecule has 0 fully saturated rings. The van der Waals surface area contributed by atoms with E-state index in [1.807, 2.05) is 0 Å². The largest absolute Gasteiger partial charge is 0.464 e. The third-order valence-corrected chi connectivity index (χ3v) is 1.57. The Hall–Kier alpha value is -1.29. The van der Waals surface area contributed by atoms with E-state index in [1.54, 1.807) is 0 Å². The number of carbonyl (C=O) groups is 1. The van der Waals surface area contributed by atoms with Crippen LogP contribution in [0.15, 0.2) is 16.9 Å². The van der Waals surface area contributed by atoms with Crippen molar-refractivity contribution in [3.63, 3.8) is 0 Å². The van der Waals surface area contributed by atoms with Crippen LogP contribution < -0.4 is 5.56 Å². The summed E-state index contributed by atoms with van der Waals surface area (Å²) in [7, 11) is 1.21. The van der Waals surface area contributed by atoms with E-state index in [-0.39, 0.29) is 16.3 Å². The Labute approximate surface area is 73.1 Å². The molecule has 0 amide bonds. The number of pyridine rings is 1. The fourth-order valence-electron chi connectivity index (χ4n) is 0.707. The van der Waals surface area contributed by atoms with Gasteiger partial charge in [0.1, 0.15) is 5.69 Å². The maximum absolute atomic E-state index is 10.9. The quantitative estimate of drug-likeness (QED) is 0.662. The lowest BCUT2D eigenvalue weighted by Crippen LogP contribution is -2.13. The zero-order valence-corrected chi connectivity index (χ0v) is 7.01. The lowest BCUT2D eigenvalue weighted by molar-refractivity contribution is 0.0594. The Morgan fingerprint density at radius 3 is 2.83 bits per heavy atom. The first-order valence-corrected chi connectivity index (χ1v) is 3.50. The van der Waals surface area contributed by atoms with Crippen molar-refractivity contribution < 1.29 is 9.53 Å². The molecule has 0 saturated heterocycles. The van der Waals surface area contributed by atoms with Gasteiger partial charge in [0.25, 0.3) is 0 Å². The molecule has 0 unspecified atom stereocenters. The lowest BCUT2D eigenvalue weighted by Gasteiger charge is -1.99. The molecule has 64 valence electrons. The number of methoxy groups -OCH3 is 1. The molecule has 1 aromatic rings. The number of carbonyl (C=O) groups excluding carboxylic acids is 1. The fraction of sp³-hybridized carbons (Fsp3) is 0.143. The highest BCUT2D eigenvalue weighted by molar-refractivity contribution is 6.33. The second-order valence-electron chi connectivity index (χ2n) is 2.04. The molecule has 1 rings (SSSR count). The van der Waals surface area contributed by atoms with Crippen molar-refractivity contribution >= 4 is 17.6 Å². The van der Waals surface area contributed by atoms with Gasteiger partial charge >= 0.3 is 5.97 Å². The van der Waals surface area contributed by atoms with Gasteiger partial charge in [-0.25, -0.2) is 4.79 Å². The molecule has 0 aliphatic rings. The van der Waals surface area contributed by atoms with Crippen LogP contribution in [0.2, 0.25) is 5.02 Å². The van der Waals surface area contributed by atoms with Gasteiger partial charge in [-0.2, -0.15) is 0 Å². The summed E-state index contributed by atoms with van der Waals surface area (Å²) in [5.74, 6) is -0.655. The summed E-state index contributed by atoms with van der Waals surface area (Å²) in [6, 6.07) is 2.57. The van der Waals surface area contributed by atoms with Crippen LogP contribution in [0.3, 0.4) is 0 Å². The average molecular weight is 188 g/mol. The highest BCUT2D eigenvalue weighted by Gasteiger charge is 2.10. The fourth-order valence-corrected chi connectivity index (χ4v) is 0.895. The zero-order valence-electron chi connectivity index (χ0n) is 6.26. The predicted molar refractivity (Wildman–Crippen MR) is 43.4 cm³/mol. The maximum atomic E-state index is 10.9. The Morgan fingerprint density at radius 1 is 1.58 bits per heavy atom. The number of rotatable bonds is 1. The van der Waals surface area contributed by atoms with Gasteiger partial charge in [-0.05, 0) is 6.07 Å². The van der Waals surface area contributed by atoms with Crippen LogP contribution in [-0.4, -0.2) is 18.1 Å². The molecule has 0 atom stereocenters. The molecule has 0 aromatic carbocycles. The van der Waals surface area contributed by atoms with Crippen LogP contribution in [0.25, 0.3) is 0 Å². The van der Waals surface area contributed by atoms with Gasteiger partial charge in [0.15, 0.2) is 0 Å². The Morgan fingerprint density at radius 2 is 2.25 bits per heavy atom. The molecule has 0 aliphatic carbocycles. The standard InChI is InChI=1S/C7H6ClNO3/c1-12-7(11)6-4(8)2-3-5(10)9-6/h2-3H,1H3,(H,9,10). The van der Waals surface area contributed by atoms with E-state index in [4.69, 9.17) is 11.6 Å². The van der Waals surface area contributed by atoms with Crippen molar-refractivity contribution in [1.29, 1.82) is 0 Å². The molecule has 4 nitrogen and oxygen atoms in total. The van der Waals surface area contributed by atoms with Gasteiger partial charge in [-0.1, -0.05) is 11.6 Å². The first-order chi connectivity index (χ1) is 5.65. The topological polar surface area (TPSA) is 59.2 Å². The molecule has 5 heteroatoms. The predicted octanol–water partition coefficient (Wildman–Crippen LogP) is 0.815. The minimum absolute atomic E-state index is 0.0216. The first kappa shape index (κ1) is 8.80. The second kappa shape index (κ2) is 3.40. The summed E-state index contributed by atoms with van der Waals surface area (Å²) in [6.07, 6.45) is 0. The number of ether oxygens (including phenoxy) is 1. The number of halogens is 1. The molecule has 12 heavy (non-hydrogen) atoms. The number of hydrogen-bond donors (Lipinski definition) is 1. The maximum Gasteiger partial charge on any atom is 0.356 e. The number of nitrogens with one attached hydrogen (secondary N) is 1. The van der Waals surface area contributed by atoms with E-state index in [9.17, 15) is 9.59 Å². The number of H-pyrrole nitrogens is 1. The SMILES string of the molecule is COC(=O)c1[nH]c(=O)ccc1Cl. The number of hydrogen-bond acceptors (Lipinski definition) is 3. The normalized spacial score (nSPS) is 9.50. The van der Waals surface area contributed by atoms with Gasteiger partial charge in [-0.15, -0.1) is 0 Å². The van der Waals surface area contributed by atoms with Crippen LogP contribution in [0, 0.1) is 0 Å². The minimum atomic E-state index is -0.655. The summed E-state index contributed by atoms with van der Waals surface area (Å²) in [4.78, 5) is 23.9. The van der Waals surface area contributed by atoms with Crippen LogP contribution in [0.5, 0.6) is 0 Å². The van der Waals surface area contributed by atoms with Crippen molar-refractivity contribution in [3.05, 3.63) is 33.2 Å². The van der Waals surface area contributed by atoms with Gasteiger partial charge < -0.3 is 9.72 Å². The monoisotopic (exact) mass is 187 g/mol. The molecule has 0 aliphatic heterocycles. The average Bonchev–Trinajstić information content (AvgIpc) is 2.08. The summed E-state index contributed by atoms with van der Waals surface area (Å²) in [5, 5.41) is 0.168. The smallest absolute Gasteiger partial charge is 0.356 e. The van der Waals surface area contributed by atoms with Gasteiger partial charge in [0, 0.05) is 6.07 Å². The third kappa shape index (κ3) is 1.65. The molecular weight excluding hydrogens is 182 g/mol. The lowest BCUT2D eigenvalue weighted by atomic mass is 10.3. The van der Waals surface area contributed by atoms with E-state index in [0.717, 1.165) is 0 Å². The van der Waals surface area contributed by atoms with Crippen LogP contribution in [0.4, 0.5) is 0 Å². The molecule has 0 saturated carbocycles. The summed E-state index contributed by atoms with van der Waals surface area (Å²) >= 11 is 5.60. The minimum Gasteiger partial charge on any atom is -0.464 e. The Bertz CT molecular complexity index is 358. The van der Waals surface area contributed by atoms with Gasteiger partial charge in [0.2, 0.25) is 5.56 Å². The van der Waals surface area contributed by atoms with E-state index < -0.39 is 5.97 Å². The van der Waals surface area contributed by atoms with Crippen LogP contribution >= 0.6 is 11.6 Å². The van der Waals surface area contributed by atoms with Gasteiger partial charge in [0.05, 0.1) is 12.1 Å². The van der Waals surface area contributed by atoms with E-state index >= 15 is 0 Å². The Kier molecular flexibility index (Phi) is 2.50. The molecule has 0 bridgehead atoms. The van der Waals surface area contributed by atoms with Crippen molar-refractivity contribution in [2.24, 2.45) is 0 Å². The molecule has 0 radical (unpaired) electrons. The molecule has 0 spiro atoms. The van der Waals surface area contributed by atoms with E-state index in [0.29, 0.717) is 0 Å². The summed E-state index contributed by atoms with van der Waals surface area (Å²) < 4.78 is 4.38. The zero-order chi connectivity index (χ0) is 9.14. The first-order valence-electron chi connectivity index (χ1n) is 3.12. The van der Waals surface area contributed by atoms with Crippen molar-refractivity contribution in [3.8, 4) is 0 Å². The van der Waals surface area contributed by atoms with Crippen LogP contribution in [-0.2, 0) is 4.74 Å². The molecule has 1 aromatic heterocycles. The van der Waals surface area contributed by atoms with Crippen molar-refractivity contribution in [2.75, 3.05) is 7.11 Å². The molecule has 1 N–H and O–H groups in total. The summed E-state index contributed by atoms with van der Waals surface area (Å²) in [5.41, 5.74) is -0.411. The number of esters is 1. The molecule has 1 heterocycles. The highest BCUT2D eigenvalue weighted by Crippen LogP contribution is 2.10. The van der Waals surface area contributed by atoms with Gasteiger partial charge in [-0.3, -0.25) is 4.79 Å².